The molecule has 2 aliphatic rings. The third-order valence-electron chi connectivity index (χ3n) is 4.48. The lowest BCUT2D eigenvalue weighted by Gasteiger charge is -2.18. The van der Waals surface area contributed by atoms with E-state index in [-0.39, 0.29) is 0 Å². The zero-order chi connectivity index (χ0) is 20.4. The van der Waals surface area contributed by atoms with Gasteiger partial charge in [0.25, 0.3) is 0 Å². The van der Waals surface area contributed by atoms with Gasteiger partial charge in [-0.2, -0.15) is 0 Å². The minimum absolute atomic E-state index is 0.432. The molecular weight excluding hydrogens is 339 g/mol. The van der Waals surface area contributed by atoms with Crippen molar-refractivity contribution in [3.05, 3.63) is 60.0 Å². The quantitative estimate of drug-likeness (QED) is 0.678. The summed E-state index contributed by atoms with van der Waals surface area (Å²) in [6.07, 6.45) is 9.41. The molecule has 0 amide bonds. The van der Waals surface area contributed by atoms with E-state index >= 15 is 0 Å². The number of hydrogen-bond acceptors (Lipinski definition) is 3. The van der Waals surface area contributed by atoms with Gasteiger partial charge < -0.3 is 20.9 Å². The van der Waals surface area contributed by atoms with Crippen LogP contribution in [0.25, 0.3) is 11.3 Å². The van der Waals surface area contributed by atoms with E-state index in [1.165, 1.54) is 12.8 Å². The van der Waals surface area contributed by atoms with Crippen molar-refractivity contribution in [1.29, 1.82) is 0 Å². The molecule has 4 N–H and O–H groups in total. The van der Waals surface area contributed by atoms with Gasteiger partial charge in [0.15, 0.2) is 0 Å². The van der Waals surface area contributed by atoms with Crippen molar-refractivity contribution >= 4 is 11.3 Å². The predicted molar refractivity (Wildman–Crippen MR) is 115 cm³/mol. The van der Waals surface area contributed by atoms with Crippen molar-refractivity contribution in [3.8, 4) is 0 Å². The van der Waals surface area contributed by atoms with Crippen LogP contribution in [0.5, 0.6) is 0 Å². The Bertz CT molecular complexity index is 693. The second-order valence-electron chi connectivity index (χ2n) is 6.57. The number of aromatic amines is 1. The van der Waals surface area contributed by atoms with Crippen molar-refractivity contribution in [1.82, 2.24) is 15.2 Å². The number of rotatable bonds is 5. The van der Waals surface area contributed by atoms with Crippen LogP contribution in [0.3, 0.4) is 0 Å². The molecule has 1 saturated carbocycles. The number of nitrogens with one attached hydrogen (secondary N) is 2. The lowest BCUT2D eigenvalue weighted by molar-refractivity contribution is 0.508. The maximum atomic E-state index is 14.1. The van der Waals surface area contributed by atoms with Gasteiger partial charge in [-0.3, -0.25) is 0 Å². The van der Waals surface area contributed by atoms with Gasteiger partial charge in [-0.15, -0.1) is 0 Å². The van der Waals surface area contributed by atoms with Gasteiger partial charge in [0, 0.05) is 43.7 Å². The summed E-state index contributed by atoms with van der Waals surface area (Å²) in [7, 11) is 1.96. The fraction of sp³-hybridized carbons (Fsp3) is 0.455. The summed E-state index contributed by atoms with van der Waals surface area (Å²) >= 11 is 0. The van der Waals surface area contributed by atoms with Crippen molar-refractivity contribution < 1.29 is 4.39 Å². The smallest absolute Gasteiger partial charge is 0.146 e. The molecule has 1 aromatic heterocycles. The van der Waals surface area contributed by atoms with E-state index in [2.05, 4.69) is 23.8 Å². The van der Waals surface area contributed by atoms with Crippen LogP contribution in [0.4, 0.5) is 4.39 Å². The Balaban J connectivity index is 0.000000524. The first-order valence-corrected chi connectivity index (χ1v) is 9.78. The molecule has 2 heterocycles. The van der Waals surface area contributed by atoms with Gasteiger partial charge in [-0.05, 0) is 36.8 Å². The molecule has 0 atom stereocenters. The maximum Gasteiger partial charge on any atom is 0.146 e. The lowest BCUT2D eigenvalue weighted by atomic mass is 10.0. The normalized spacial score (nSPS) is 17.2. The summed E-state index contributed by atoms with van der Waals surface area (Å²) in [5, 5.41) is 3.05. The summed E-state index contributed by atoms with van der Waals surface area (Å²) in [6.45, 7) is 13.8. The highest BCUT2D eigenvalue weighted by molar-refractivity contribution is 5.83. The first-order chi connectivity index (χ1) is 13.0. The zero-order valence-corrected chi connectivity index (χ0v) is 17.4. The van der Waals surface area contributed by atoms with Crippen LogP contribution in [0.15, 0.2) is 48.7 Å². The van der Waals surface area contributed by atoms with Crippen molar-refractivity contribution in [2.75, 3.05) is 20.1 Å². The monoisotopic (exact) mass is 374 g/mol. The molecule has 27 heavy (non-hydrogen) atoms. The van der Waals surface area contributed by atoms with Gasteiger partial charge in [0.1, 0.15) is 5.83 Å². The Kier molecular flexibility index (Phi) is 9.48. The standard InChI is InChI=1S/C16H21FN4.C4H8.C2H6/c1-4-21(3)11(2)15-7-13(10-20-15)16(14(17)8-18)12-5-6-19-9-12;1-4-2-3-4;1-2/h5-8,10,19-20H,2,4,9,18H2,1,3H3;4H,2-3H2,1H3;1-2H3/b14-8+,16-12-;;. The van der Waals surface area contributed by atoms with Crippen LogP contribution in [-0.4, -0.2) is 30.0 Å². The first kappa shape index (κ1) is 22.6. The molecule has 1 fully saturated rings. The summed E-state index contributed by atoms with van der Waals surface area (Å²) in [5.41, 5.74) is 9.24. The molecule has 0 radical (unpaired) electrons. The Hall–Kier alpha value is -2.43. The van der Waals surface area contributed by atoms with Crippen LogP contribution >= 0.6 is 0 Å². The Morgan fingerprint density at radius 3 is 2.48 bits per heavy atom. The number of nitrogens with two attached hydrogens (primary N) is 1. The van der Waals surface area contributed by atoms with Crippen molar-refractivity contribution in [3.63, 3.8) is 0 Å². The molecule has 0 aromatic carbocycles. The Morgan fingerprint density at radius 1 is 1.41 bits per heavy atom. The summed E-state index contributed by atoms with van der Waals surface area (Å²) in [6, 6.07) is 1.89. The summed E-state index contributed by atoms with van der Waals surface area (Å²) < 4.78 is 14.1. The van der Waals surface area contributed by atoms with Crippen LogP contribution in [-0.2, 0) is 0 Å². The maximum absolute atomic E-state index is 14.1. The van der Waals surface area contributed by atoms with E-state index in [1.807, 2.05) is 44.9 Å². The number of hydrogen-bond donors (Lipinski definition) is 3. The largest absolute Gasteiger partial charge is 0.402 e. The van der Waals surface area contributed by atoms with Gasteiger partial charge in [0.2, 0.25) is 0 Å². The molecule has 0 unspecified atom stereocenters. The molecular formula is C22H35FN4. The SMILES string of the molecule is C=C(c1cc(C(=C2\C=CNC2)/C(F)=C\N)c[nH]1)N(C)CC.CC.CC1CC1. The number of nitrogens with zero attached hydrogens (tertiary/aromatic N) is 1. The topological polar surface area (TPSA) is 57.1 Å². The predicted octanol–water partition coefficient (Wildman–Crippen LogP) is 5.02. The van der Waals surface area contributed by atoms with Gasteiger partial charge in [-0.25, -0.2) is 4.39 Å². The van der Waals surface area contributed by atoms with Crippen LogP contribution < -0.4 is 11.1 Å². The minimum atomic E-state index is -0.432. The van der Waals surface area contributed by atoms with E-state index in [0.29, 0.717) is 12.1 Å². The highest BCUT2D eigenvalue weighted by atomic mass is 19.1. The summed E-state index contributed by atoms with van der Waals surface area (Å²) in [5.74, 6) is 0.651. The molecule has 150 valence electrons. The van der Waals surface area contributed by atoms with Gasteiger partial charge in [0.05, 0.1) is 11.4 Å². The number of aromatic nitrogens is 1. The molecule has 0 saturated heterocycles. The molecule has 5 heteroatoms. The first-order valence-electron chi connectivity index (χ1n) is 9.78. The minimum Gasteiger partial charge on any atom is -0.402 e. The average molecular weight is 375 g/mol. The zero-order valence-electron chi connectivity index (χ0n) is 17.4. The fourth-order valence-corrected chi connectivity index (χ4v) is 2.39. The Labute approximate surface area is 163 Å². The van der Waals surface area contributed by atoms with Gasteiger partial charge >= 0.3 is 0 Å². The molecule has 3 rings (SSSR count). The highest BCUT2D eigenvalue weighted by Crippen LogP contribution is 2.31. The Morgan fingerprint density at radius 2 is 2.04 bits per heavy atom. The third kappa shape index (κ3) is 6.66. The van der Waals surface area contributed by atoms with E-state index in [9.17, 15) is 4.39 Å². The molecule has 0 bridgehead atoms. The van der Waals surface area contributed by atoms with E-state index < -0.39 is 5.83 Å². The lowest BCUT2D eigenvalue weighted by Crippen LogP contribution is -2.14. The van der Waals surface area contributed by atoms with Crippen LogP contribution in [0.2, 0.25) is 0 Å². The number of allylic oxidation sites excluding steroid dienone is 2. The van der Waals surface area contributed by atoms with E-state index in [0.717, 1.165) is 41.2 Å². The fourth-order valence-electron chi connectivity index (χ4n) is 2.39. The highest BCUT2D eigenvalue weighted by Gasteiger charge is 2.17. The second kappa shape index (κ2) is 11.3. The number of H-pyrrole nitrogens is 1. The van der Waals surface area contributed by atoms with Crippen LogP contribution in [0, 0.1) is 5.92 Å². The van der Waals surface area contributed by atoms with Gasteiger partial charge in [-0.1, -0.05) is 40.2 Å². The van der Waals surface area contributed by atoms with E-state index in [1.54, 1.807) is 12.4 Å². The number of halogens is 1. The molecule has 1 aliphatic heterocycles. The third-order valence-corrected chi connectivity index (χ3v) is 4.48. The second-order valence-corrected chi connectivity index (χ2v) is 6.57. The van der Waals surface area contributed by atoms with Crippen molar-refractivity contribution in [2.45, 2.75) is 40.5 Å². The molecule has 4 nitrogen and oxygen atoms in total. The van der Waals surface area contributed by atoms with Crippen LogP contribution in [0.1, 0.15) is 51.8 Å². The molecule has 0 spiro atoms. The van der Waals surface area contributed by atoms with E-state index in [4.69, 9.17) is 5.73 Å². The summed E-state index contributed by atoms with van der Waals surface area (Å²) in [4.78, 5) is 5.17. The molecule has 1 aliphatic carbocycles. The average Bonchev–Trinajstić information content (AvgIpc) is 3.14. The molecule has 1 aromatic rings. The van der Waals surface area contributed by atoms with Crippen molar-refractivity contribution in [2.24, 2.45) is 11.7 Å².